The Kier molecular flexibility index (Phi) is 6.82. The smallest absolute Gasteiger partial charge is 0.308 e. The van der Waals surface area contributed by atoms with Crippen molar-refractivity contribution in [2.24, 2.45) is 0 Å². The van der Waals surface area contributed by atoms with E-state index < -0.39 is 17.8 Å². The summed E-state index contributed by atoms with van der Waals surface area (Å²) in [5.74, 6) is -1.20. The Morgan fingerprint density at radius 3 is 2.45 bits per heavy atom. The lowest BCUT2D eigenvalue weighted by Gasteiger charge is -2.23. The van der Waals surface area contributed by atoms with Crippen molar-refractivity contribution in [2.45, 2.75) is 25.8 Å². The van der Waals surface area contributed by atoms with Gasteiger partial charge in [-0.25, -0.2) is 4.39 Å². The largest absolute Gasteiger partial charge is 0.466 e. The fraction of sp³-hybridized carbons (Fsp3) is 0.286. The van der Waals surface area contributed by atoms with Gasteiger partial charge in [-0.2, -0.15) is 0 Å². The molecule has 1 unspecified atom stereocenters. The molecule has 0 saturated carbocycles. The summed E-state index contributed by atoms with van der Waals surface area (Å²) in [5, 5.41) is 0.924. The van der Waals surface area contributed by atoms with E-state index in [0.717, 1.165) is 5.56 Å². The van der Waals surface area contributed by atoms with E-state index in [1.54, 1.807) is 24.0 Å². The second kappa shape index (κ2) is 9.33. The molecule has 1 heterocycles. The third kappa shape index (κ3) is 4.92. The van der Waals surface area contributed by atoms with Crippen LogP contribution in [0.4, 0.5) is 10.1 Å². The zero-order valence-electron chi connectivity index (χ0n) is 15.8. The van der Waals surface area contributed by atoms with Crippen LogP contribution in [0.5, 0.6) is 0 Å². The van der Waals surface area contributed by atoms with Crippen molar-refractivity contribution in [2.75, 3.05) is 18.1 Å². The molecule has 0 radical (unpaired) electrons. The molecular weight excluding hydrogens is 415 g/mol. The normalized spacial score (nSPS) is 16.4. The first-order valence-corrected chi connectivity index (χ1v) is 9.99. The number of benzene rings is 2. The van der Waals surface area contributed by atoms with E-state index in [2.05, 4.69) is 0 Å². The molecule has 1 amide bonds. The van der Waals surface area contributed by atoms with Gasteiger partial charge in [0.15, 0.2) is 5.11 Å². The molecule has 0 aromatic heterocycles. The Hall–Kier alpha value is -2.51. The number of hydrogen-bond donors (Lipinski definition) is 0. The van der Waals surface area contributed by atoms with Crippen LogP contribution in [0.25, 0.3) is 0 Å². The van der Waals surface area contributed by atoms with E-state index in [-0.39, 0.29) is 24.0 Å². The average Bonchev–Trinajstić information content (AvgIpc) is 2.92. The predicted octanol–water partition coefficient (Wildman–Crippen LogP) is 3.98. The lowest BCUT2D eigenvalue weighted by molar-refractivity contribution is -0.145. The minimum Gasteiger partial charge on any atom is -0.466 e. The molecule has 8 heteroatoms. The number of nitrogens with zero attached hydrogens (tertiary/aromatic N) is 2. The van der Waals surface area contributed by atoms with Gasteiger partial charge in [0.05, 0.1) is 18.7 Å². The van der Waals surface area contributed by atoms with Gasteiger partial charge in [-0.1, -0.05) is 23.7 Å². The van der Waals surface area contributed by atoms with Gasteiger partial charge in [-0.05, 0) is 67.5 Å². The van der Waals surface area contributed by atoms with Gasteiger partial charge >= 0.3 is 5.97 Å². The third-order valence-corrected chi connectivity index (χ3v) is 5.29. The van der Waals surface area contributed by atoms with Gasteiger partial charge in [-0.15, -0.1) is 0 Å². The van der Waals surface area contributed by atoms with Gasteiger partial charge in [-0.3, -0.25) is 14.5 Å². The highest BCUT2D eigenvalue weighted by molar-refractivity contribution is 7.80. The summed E-state index contributed by atoms with van der Waals surface area (Å²) in [6.07, 6.45) is 0.506. The summed E-state index contributed by atoms with van der Waals surface area (Å²) in [6, 6.07) is 12.1. The van der Waals surface area contributed by atoms with Crippen molar-refractivity contribution in [1.29, 1.82) is 0 Å². The zero-order valence-corrected chi connectivity index (χ0v) is 17.4. The van der Waals surface area contributed by atoms with Crippen molar-refractivity contribution in [3.63, 3.8) is 0 Å². The van der Waals surface area contributed by atoms with Crippen LogP contribution in [0, 0.1) is 5.82 Å². The van der Waals surface area contributed by atoms with Crippen LogP contribution in [-0.4, -0.2) is 41.1 Å². The Labute approximate surface area is 179 Å². The van der Waals surface area contributed by atoms with Crippen LogP contribution in [-0.2, 0) is 20.7 Å². The molecule has 29 heavy (non-hydrogen) atoms. The third-order valence-electron chi connectivity index (χ3n) is 4.62. The van der Waals surface area contributed by atoms with Gasteiger partial charge in [0, 0.05) is 11.6 Å². The zero-order chi connectivity index (χ0) is 21.0. The monoisotopic (exact) mass is 434 g/mol. The lowest BCUT2D eigenvalue weighted by atomic mass is 10.1. The molecule has 1 saturated heterocycles. The molecule has 2 aromatic carbocycles. The van der Waals surface area contributed by atoms with Gasteiger partial charge in [0.1, 0.15) is 11.9 Å². The fourth-order valence-corrected chi connectivity index (χ4v) is 3.73. The minimum absolute atomic E-state index is 0.106. The van der Waals surface area contributed by atoms with Gasteiger partial charge < -0.3 is 9.64 Å². The maximum absolute atomic E-state index is 13.3. The molecule has 1 fully saturated rings. The van der Waals surface area contributed by atoms with Crippen molar-refractivity contribution < 1.29 is 18.7 Å². The number of carbonyl (C=O) groups excluding carboxylic acids is 2. The van der Waals surface area contributed by atoms with Crippen molar-refractivity contribution in [3.05, 3.63) is 64.9 Å². The first kappa shape index (κ1) is 21.2. The van der Waals surface area contributed by atoms with Crippen LogP contribution in [0.2, 0.25) is 5.02 Å². The molecule has 5 nitrogen and oxygen atoms in total. The number of carbonyl (C=O) groups is 2. The maximum Gasteiger partial charge on any atom is 0.308 e. The van der Waals surface area contributed by atoms with E-state index in [0.29, 0.717) is 23.7 Å². The number of amides is 1. The summed E-state index contributed by atoms with van der Waals surface area (Å²) >= 11 is 11.5. The average molecular weight is 435 g/mol. The molecule has 2 aromatic rings. The molecule has 1 atom stereocenters. The van der Waals surface area contributed by atoms with Gasteiger partial charge in [0.25, 0.3) is 5.91 Å². The van der Waals surface area contributed by atoms with Crippen molar-refractivity contribution in [3.8, 4) is 0 Å². The second-order valence-electron chi connectivity index (χ2n) is 6.53. The highest BCUT2D eigenvalue weighted by Gasteiger charge is 2.44. The highest BCUT2D eigenvalue weighted by atomic mass is 35.5. The van der Waals surface area contributed by atoms with E-state index in [4.69, 9.17) is 28.6 Å². The van der Waals surface area contributed by atoms with Crippen molar-refractivity contribution in [1.82, 2.24) is 4.90 Å². The fourth-order valence-electron chi connectivity index (χ4n) is 3.19. The van der Waals surface area contributed by atoms with Crippen LogP contribution >= 0.6 is 23.8 Å². The molecule has 3 rings (SSSR count). The molecular formula is C21H20ClFN2O3S. The topological polar surface area (TPSA) is 49.9 Å². The lowest BCUT2D eigenvalue weighted by Crippen LogP contribution is -2.38. The Balaban J connectivity index is 1.83. The summed E-state index contributed by atoms with van der Waals surface area (Å²) in [5.41, 5.74) is 1.49. The van der Waals surface area contributed by atoms with Crippen molar-refractivity contribution >= 4 is 46.5 Å². The van der Waals surface area contributed by atoms with E-state index >= 15 is 0 Å². The second-order valence-corrected chi connectivity index (χ2v) is 7.33. The number of anilines is 1. The first-order chi connectivity index (χ1) is 13.9. The van der Waals surface area contributed by atoms with Crippen LogP contribution in [0.15, 0.2) is 48.5 Å². The number of ether oxygens (including phenoxy) is 1. The highest BCUT2D eigenvalue weighted by Crippen LogP contribution is 2.28. The maximum atomic E-state index is 13.3. The molecule has 0 aliphatic carbocycles. The van der Waals surface area contributed by atoms with Crippen LogP contribution in [0.1, 0.15) is 18.9 Å². The van der Waals surface area contributed by atoms with E-state index in [1.165, 1.54) is 29.2 Å². The minimum atomic E-state index is -0.765. The van der Waals surface area contributed by atoms with E-state index in [9.17, 15) is 14.0 Å². The number of esters is 1. The Bertz CT molecular complexity index is 905. The number of halogens is 2. The molecule has 1 aliphatic rings. The Morgan fingerprint density at radius 2 is 1.83 bits per heavy atom. The molecule has 152 valence electrons. The Morgan fingerprint density at radius 1 is 1.17 bits per heavy atom. The molecule has 1 aliphatic heterocycles. The summed E-state index contributed by atoms with van der Waals surface area (Å²) in [6.45, 7) is 2.38. The SMILES string of the molecule is CCOC(=O)CC1C(=O)N(c2ccc(F)cc2)C(=S)N1CCc1ccc(Cl)cc1. The molecule has 0 N–H and O–H groups in total. The van der Waals surface area contributed by atoms with Crippen LogP contribution < -0.4 is 4.90 Å². The summed E-state index contributed by atoms with van der Waals surface area (Å²) in [7, 11) is 0. The molecule has 0 spiro atoms. The first-order valence-electron chi connectivity index (χ1n) is 9.21. The number of thiocarbonyl (C=S) groups is 1. The standard InChI is InChI=1S/C21H20ClFN2O3S/c1-2-28-19(26)13-18-20(27)25(17-9-7-16(23)8-10-17)21(29)24(18)12-11-14-3-5-15(22)6-4-14/h3-10,18H,2,11-13H2,1H3. The number of hydrogen-bond acceptors (Lipinski definition) is 4. The quantitative estimate of drug-likeness (QED) is 0.487. The van der Waals surface area contributed by atoms with Crippen LogP contribution in [0.3, 0.4) is 0 Å². The molecule has 0 bridgehead atoms. The van der Waals surface area contributed by atoms with E-state index in [1.807, 2.05) is 12.1 Å². The van der Waals surface area contributed by atoms with Gasteiger partial charge in [0.2, 0.25) is 0 Å². The summed E-state index contributed by atoms with van der Waals surface area (Å²) in [4.78, 5) is 28.2. The number of rotatable bonds is 7. The predicted molar refractivity (Wildman–Crippen MR) is 113 cm³/mol. The summed E-state index contributed by atoms with van der Waals surface area (Å²) < 4.78 is 18.3.